The molecule has 0 bridgehead atoms. The molecule has 164 valence electrons. The lowest BCUT2D eigenvalue weighted by molar-refractivity contribution is -0.133. The van der Waals surface area contributed by atoms with Gasteiger partial charge in [-0.05, 0) is 55.5 Å². The summed E-state index contributed by atoms with van der Waals surface area (Å²) in [7, 11) is 0. The van der Waals surface area contributed by atoms with Crippen molar-refractivity contribution in [1.29, 1.82) is 0 Å². The number of benzene rings is 2. The van der Waals surface area contributed by atoms with E-state index in [0.29, 0.717) is 42.8 Å². The number of hydrogen-bond donors (Lipinski definition) is 1. The van der Waals surface area contributed by atoms with Crippen LogP contribution < -0.4 is 5.73 Å². The minimum atomic E-state index is -0.508. The molecule has 2 aliphatic rings. The molecule has 2 aromatic carbocycles. The second kappa shape index (κ2) is 7.58. The first-order chi connectivity index (χ1) is 15.5. The fraction of sp³-hybridized carbons (Fsp3) is 0.360. The molecule has 1 saturated carbocycles. The van der Waals surface area contributed by atoms with Crippen molar-refractivity contribution < 1.29 is 9.59 Å². The van der Waals surface area contributed by atoms with Crippen LogP contribution in [0.3, 0.4) is 0 Å². The van der Waals surface area contributed by atoms with Gasteiger partial charge < -0.3 is 15.5 Å². The Morgan fingerprint density at radius 1 is 1.03 bits per heavy atom. The van der Waals surface area contributed by atoms with Gasteiger partial charge in [0.1, 0.15) is 5.69 Å². The molecule has 0 saturated heterocycles. The molecule has 32 heavy (non-hydrogen) atoms. The number of carbonyl (C=O) groups excluding carboxylic acids is 2. The van der Waals surface area contributed by atoms with Crippen LogP contribution in [-0.2, 0) is 23.3 Å². The minimum absolute atomic E-state index is 0.0747. The normalized spacial score (nSPS) is 16.1. The van der Waals surface area contributed by atoms with Gasteiger partial charge in [-0.15, -0.1) is 0 Å². The molecule has 0 unspecified atom stereocenters. The van der Waals surface area contributed by atoms with Crippen molar-refractivity contribution >= 4 is 28.7 Å². The minimum Gasteiger partial charge on any atom is -0.368 e. The van der Waals surface area contributed by atoms with Crippen molar-refractivity contribution in [3.05, 3.63) is 64.8 Å². The summed E-state index contributed by atoms with van der Waals surface area (Å²) >= 11 is 0. The first-order valence-corrected chi connectivity index (χ1v) is 11.2. The molecule has 0 atom stereocenters. The first-order valence-electron chi connectivity index (χ1n) is 11.2. The van der Waals surface area contributed by atoms with Crippen LogP contribution in [0.15, 0.2) is 42.5 Å². The maximum atomic E-state index is 13.5. The molecule has 7 heteroatoms. The van der Waals surface area contributed by atoms with Gasteiger partial charge in [-0.25, -0.2) is 9.97 Å². The highest BCUT2D eigenvalue weighted by Crippen LogP contribution is 2.50. The van der Waals surface area contributed by atoms with Crippen LogP contribution >= 0.6 is 0 Å². The Morgan fingerprint density at radius 2 is 1.69 bits per heavy atom. The molecule has 1 aliphatic heterocycles. The number of aromatic nitrogens is 2. The third-order valence-corrected chi connectivity index (χ3v) is 6.81. The van der Waals surface area contributed by atoms with Crippen LogP contribution in [0.5, 0.6) is 0 Å². The molecule has 3 aromatic rings. The molecule has 0 radical (unpaired) electrons. The molecule has 1 aliphatic carbocycles. The number of amides is 2. The second-order valence-corrected chi connectivity index (χ2v) is 8.65. The van der Waals surface area contributed by atoms with Crippen LogP contribution in [0.4, 0.5) is 5.95 Å². The summed E-state index contributed by atoms with van der Waals surface area (Å²) in [4.78, 5) is 39.1. The lowest BCUT2D eigenvalue weighted by atomic mass is 9.92. The van der Waals surface area contributed by atoms with E-state index >= 15 is 0 Å². The zero-order valence-electron chi connectivity index (χ0n) is 18.5. The summed E-state index contributed by atoms with van der Waals surface area (Å²) in [5.41, 5.74) is 9.58. The van der Waals surface area contributed by atoms with Crippen molar-refractivity contribution in [2.75, 3.05) is 18.8 Å². The fourth-order valence-corrected chi connectivity index (χ4v) is 4.80. The number of nitrogens with zero attached hydrogens (tertiary/aromatic N) is 4. The Hall–Kier alpha value is -3.48. The van der Waals surface area contributed by atoms with Crippen molar-refractivity contribution in [2.24, 2.45) is 0 Å². The number of hydrogen-bond acceptors (Lipinski definition) is 5. The number of rotatable bonds is 5. The van der Waals surface area contributed by atoms with Gasteiger partial charge in [-0.1, -0.05) is 30.3 Å². The predicted octanol–water partition coefficient (Wildman–Crippen LogP) is 3.27. The number of nitrogen functional groups attached to an aromatic ring is 1. The van der Waals surface area contributed by atoms with E-state index in [4.69, 9.17) is 5.73 Å². The third-order valence-electron chi connectivity index (χ3n) is 6.81. The molecule has 2 N–H and O–H groups in total. The molecule has 0 spiro atoms. The molecule has 2 heterocycles. The van der Waals surface area contributed by atoms with Gasteiger partial charge in [0.25, 0.3) is 5.91 Å². The highest BCUT2D eigenvalue weighted by molar-refractivity contribution is 6.05. The Bertz CT molecular complexity index is 1210. The molecule has 7 nitrogen and oxygen atoms in total. The molecular weight excluding hydrogens is 402 g/mol. The molecule has 2 amide bonds. The maximum absolute atomic E-state index is 13.5. The molecular formula is C25H27N5O2. The Morgan fingerprint density at radius 3 is 2.28 bits per heavy atom. The van der Waals surface area contributed by atoms with Crippen LogP contribution in [0.2, 0.25) is 0 Å². The van der Waals surface area contributed by atoms with Crippen LogP contribution in [0.1, 0.15) is 53.9 Å². The SMILES string of the molecule is CCN(CC)C(=O)C1(c2ccc3nc(N)nc(C(=O)N4Cc5ccccc5C4)c3c2)CC1. The van der Waals surface area contributed by atoms with Gasteiger partial charge in [0.2, 0.25) is 11.9 Å². The summed E-state index contributed by atoms with van der Waals surface area (Å²) in [5, 5.41) is 0.649. The van der Waals surface area contributed by atoms with Crippen LogP contribution in [-0.4, -0.2) is 44.7 Å². The standard InChI is InChI=1S/C25H27N5O2/c1-3-29(4-2)23(32)25(11-12-25)18-9-10-20-19(13-18)21(28-24(26)27-20)22(31)30-14-16-7-5-6-8-17(16)15-30/h5-10,13H,3-4,11-12,14-15H2,1-2H3,(H2,26,27,28). The number of nitrogens with two attached hydrogens (primary N) is 1. The van der Waals surface area contributed by atoms with Crippen molar-refractivity contribution in [1.82, 2.24) is 19.8 Å². The highest BCUT2D eigenvalue weighted by Gasteiger charge is 2.52. The van der Waals surface area contributed by atoms with Gasteiger partial charge in [0.05, 0.1) is 10.9 Å². The summed E-state index contributed by atoms with van der Waals surface area (Å²) in [6.45, 7) is 6.46. The van der Waals surface area contributed by atoms with E-state index in [1.54, 1.807) is 4.90 Å². The Kier molecular flexibility index (Phi) is 4.84. The van der Waals surface area contributed by atoms with Crippen molar-refractivity contribution in [3.63, 3.8) is 0 Å². The average molecular weight is 430 g/mol. The number of anilines is 1. The topological polar surface area (TPSA) is 92.4 Å². The number of likely N-dealkylation sites (N-methyl/N-ethyl adjacent to an activating group) is 1. The summed E-state index contributed by atoms with van der Waals surface area (Å²) in [6.07, 6.45) is 1.63. The zero-order chi connectivity index (χ0) is 22.5. The second-order valence-electron chi connectivity index (χ2n) is 8.65. The van der Waals surface area contributed by atoms with Gasteiger partial charge in [-0.3, -0.25) is 9.59 Å². The zero-order valence-corrected chi connectivity index (χ0v) is 18.5. The summed E-state index contributed by atoms with van der Waals surface area (Å²) < 4.78 is 0. The first kappa shape index (κ1) is 20.4. The summed E-state index contributed by atoms with van der Waals surface area (Å²) in [6, 6.07) is 13.8. The van der Waals surface area contributed by atoms with Gasteiger partial charge in [-0.2, -0.15) is 0 Å². The highest BCUT2D eigenvalue weighted by atomic mass is 16.2. The van der Waals surface area contributed by atoms with Gasteiger partial charge in [0, 0.05) is 31.6 Å². The third kappa shape index (κ3) is 3.20. The average Bonchev–Trinajstić information content (AvgIpc) is 3.50. The fourth-order valence-electron chi connectivity index (χ4n) is 4.80. The number of fused-ring (bicyclic) bond motifs is 2. The van der Waals surface area contributed by atoms with Crippen molar-refractivity contribution in [2.45, 2.75) is 45.2 Å². The van der Waals surface area contributed by atoms with E-state index in [2.05, 4.69) is 9.97 Å². The lowest BCUT2D eigenvalue weighted by Crippen LogP contribution is -2.39. The molecule has 1 fully saturated rings. The maximum Gasteiger partial charge on any atom is 0.273 e. The quantitative estimate of drug-likeness (QED) is 0.672. The smallest absolute Gasteiger partial charge is 0.273 e. The largest absolute Gasteiger partial charge is 0.368 e. The van der Waals surface area contributed by atoms with Gasteiger partial charge >= 0.3 is 0 Å². The Balaban J connectivity index is 1.54. The van der Waals surface area contributed by atoms with E-state index in [1.165, 1.54) is 0 Å². The predicted molar refractivity (Wildman–Crippen MR) is 123 cm³/mol. The summed E-state index contributed by atoms with van der Waals surface area (Å²) in [5.74, 6) is 0.0594. The lowest BCUT2D eigenvalue weighted by Gasteiger charge is -2.25. The van der Waals surface area contributed by atoms with Crippen molar-refractivity contribution in [3.8, 4) is 0 Å². The molecule has 5 rings (SSSR count). The Labute approximate surface area is 187 Å². The van der Waals surface area contributed by atoms with Crippen LogP contribution in [0.25, 0.3) is 10.9 Å². The van der Waals surface area contributed by atoms with Crippen LogP contribution in [0, 0.1) is 0 Å². The van der Waals surface area contributed by atoms with E-state index in [1.807, 2.05) is 61.2 Å². The number of carbonyl (C=O) groups is 2. The van der Waals surface area contributed by atoms with E-state index in [0.717, 1.165) is 29.5 Å². The van der Waals surface area contributed by atoms with E-state index in [-0.39, 0.29) is 17.8 Å². The van der Waals surface area contributed by atoms with Gasteiger partial charge in [0.15, 0.2) is 0 Å². The van der Waals surface area contributed by atoms with E-state index in [9.17, 15) is 9.59 Å². The molecule has 1 aromatic heterocycles. The monoisotopic (exact) mass is 429 g/mol. The van der Waals surface area contributed by atoms with E-state index < -0.39 is 5.41 Å².